The van der Waals surface area contributed by atoms with Crippen molar-refractivity contribution in [1.82, 2.24) is 0 Å². The Morgan fingerprint density at radius 3 is 2.23 bits per heavy atom. The summed E-state index contributed by atoms with van der Waals surface area (Å²) < 4.78 is 59.7. The molecule has 0 rings (SSSR count). The van der Waals surface area contributed by atoms with Crippen LogP contribution in [0, 0.1) is 0 Å². The van der Waals surface area contributed by atoms with E-state index in [0.29, 0.717) is 12.8 Å². The van der Waals surface area contributed by atoms with Crippen molar-refractivity contribution < 1.29 is 25.8 Å². The van der Waals surface area contributed by atoms with E-state index in [9.17, 15) is 21.6 Å². The van der Waals surface area contributed by atoms with Crippen molar-refractivity contribution in [1.29, 1.82) is 0 Å². The predicted octanol–water partition coefficient (Wildman–Crippen LogP) is 1.70. The van der Waals surface area contributed by atoms with Gasteiger partial charge in [0.1, 0.15) is 0 Å². The van der Waals surface area contributed by atoms with Crippen molar-refractivity contribution in [2.45, 2.75) is 25.9 Å². The predicted molar refractivity (Wildman–Crippen MR) is 40.7 cm³/mol. The van der Waals surface area contributed by atoms with Crippen LogP contribution in [0.3, 0.4) is 0 Å². The Labute approximate surface area is 75.0 Å². The lowest BCUT2D eigenvalue weighted by molar-refractivity contribution is -0.152. The molecule has 0 aromatic heterocycles. The van der Waals surface area contributed by atoms with Gasteiger partial charge in [0, 0.05) is 0 Å². The molecule has 0 amide bonds. The van der Waals surface area contributed by atoms with Gasteiger partial charge in [0.05, 0.1) is 5.75 Å². The molecule has 0 bridgehead atoms. The van der Waals surface area contributed by atoms with Gasteiger partial charge in [0.15, 0.2) is 6.61 Å². The standard InChI is InChI=1S/C6H11F3O3S/c1-2-3-4-13(10,11)12-5-6(7,8)9/h2-5H2,1H3. The minimum absolute atomic E-state index is 0.306. The van der Waals surface area contributed by atoms with Gasteiger partial charge in [0.2, 0.25) is 0 Å². The van der Waals surface area contributed by atoms with Crippen LogP contribution in [0.4, 0.5) is 13.2 Å². The van der Waals surface area contributed by atoms with Crippen molar-refractivity contribution in [3.05, 3.63) is 0 Å². The molecule has 0 fully saturated rings. The van der Waals surface area contributed by atoms with Crippen LogP contribution in [-0.4, -0.2) is 27.0 Å². The zero-order chi connectivity index (χ0) is 10.5. The van der Waals surface area contributed by atoms with E-state index < -0.39 is 22.9 Å². The summed E-state index contributed by atoms with van der Waals surface area (Å²) in [6, 6.07) is 0. The first-order chi connectivity index (χ1) is 5.77. The lowest BCUT2D eigenvalue weighted by Crippen LogP contribution is -2.22. The fraction of sp³-hybridized carbons (Fsp3) is 1.00. The lowest BCUT2D eigenvalue weighted by atomic mass is 10.4. The first-order valence-corrected chi connectivity index (χ1v) is 5.28. The van der Waals surface area contributed by atoms with E-state index in [1.165, 1.54) is 0 Å². The molecule has 0 heterocycles. The van der Waals surface area contributed by atoms with Gasteiger partial charge in [-0.25, -0.2) is 0 Å². The van der Waals surface area contributed by atoms with Gasteiger partial charge < -0.3 is 0 Å². The molecular weight excluding hydrogens is 209 g/mol. The summed E-state index contributed by atoms with van der Waals surface area (Å²) in [5.74, 6) is -0.362. The maximum Gasteiger partial charge on any atom is 0.413 e. The third-order valence-electron chi connectivity index (χ3n) is 1.15. The van der Waals surface area contributed by atoms with Crippen molar-refractivity contribution in [2.24, 2.45) is 0 Å². The summed E-state index contributed by atoms with van der Waals surface area (Å²) in [6.07, 6.45) is -3.70. The smallest absolute Gasteiger partial charge is 0.261 e. The van der Waals surface area contributed by atoms with Crippen LogP contribution < -0.4 is 0 Å². The average molecular weight is 220 g/mol. The number of rotatable bonds is 5. The molecule has 0 saturated heterocycles. The Morgan fingerprint density at radius 2 is 1.85 bits per heavy atom. The highest BCUT2D eigenvalue weighted by molar-refractivity contribution is 7.86. The van der Waals surface area contributed by atoms with Gasteiger partial charge in [0.25, 0.3) is 10.1 Å². The third kappa shape index (κ3) is 8.04. The van der Waals surface area contributed by atoms with Gasteiger partial charge in [-0.2, -0.15) is 21.6 Å². The number of hydrogen-bond acceptors (Lipinski definition) is 3. The minimum atomic E-state index is -4.60. The molecule has 7 heteroatoms. The van der Waals surface area contributed by atoms with Crippen LogP contribution in [0.25, 0.3) is 0 Å². The van der Waals surface area contributed by atoms with E-state index in [1.807, 2.05) is 0 Å². The van der Waals surface area contributed by atoms with Crippen molar-refractivity contribution in [3.8, 4) is 0 Å². The maximum absolute atomic E-state index is 11.5. The molecule has 0 aliphatic heterocycles. The number of alkyl halides is 3. The van der Waals surface area contributed by atoms with Crippen molar-refractivity contribution in [2.75, 3.05) is 12.4 Å². The van der Waals surface area contributed by atoms with Crippen LogP contribution in [0.2, 0.25) is 0 Å². The molecular formula is C6H11F3O3S. The summed E-state index contributed by atoms with van der Waals surface area (Å²) in [4.78, 5) is 0. The molecule has 0 unspecified atom stereocenters. The van der Waals surface area contributed by atoms with Crippen LogP contribution in [0.1, 0.15) is 19.8 Å². The first kappa shape index (κ1) is 12.7. The Bertz CT molecular complexity index is 232. The SMILES string of the molecule is CCCCS(=O)(=O)OCC(F)(F)F. The normalized spacial score (nSPS) is 13.2. The van der Waals surface area contributed by atoms with E-state index >= 15 is 0 Å². The molecule has 0 aromatic carbocycles. The molecule has 13 heavy (non-hydrogen) atoms. The van der Waals surface area contributed by atoms with Gasteiger partial charge in [-0.15, -0.1) is 0 Å². The second kappa shape index (κ2) is 4.80. The fourth-order valence-corrected chi connectivity index (χ4v) is 1.61. The van der Waals surface area contributed by atoms with E-state index in [-0.39, 0.29) is 5.75 Å². The Balaban J connectivity index is 3.91. The van der Waals surface area contributed by atoms with Crippen LogP contribution in [0.5, 0.6) is 0 Å². The summed E-state index contributed by atoms with van der Waals surface area (Å²) in [5, 5.41) is 0. The molecule has 0 aromatic rings. The summed E-state index contributed by atoms with van der Waals surface area (Å²) in [6.45, 7) is -0.00166. The summed E-state index contributed by atoms with van der Waals surface area (Å²) in [7, 11) is -4.00. The zero-order valence-corrected chi connectivity index (χ0v) is 7.91. The second-order valence-electron chi connectivity index (χ2n) is 2.49. The van der Waals surface area contributed by atoms with E-state index in [0.717, 1.165) is 0 Å². The van der Waals surface area contributed by atoms with Crippen molar-refractivity contribution >= 4 is 10.1 Å². The summed E-state index contributed by atoms with van der Waals surface area (Å²) >= 11 is 0. The second-order valence-corrected chi connectivity index (χ2v) is 4.25. The van der Waals surface area contributed by atoms with Gasteiger partial charge >= 0.3 is 6.18 Å². The Kier molecular flexibility index (Phi) is 4.69. The molecule has 80 valence electrons. The molecule has 0 atom stereocenters. The van der Waals surface area contributed by atoms with Gasteiger partial charge in [-0.1, -0.05) is 13.3 Å². The van der Waals surface area contributed by atoms with Gasteiger partial charge in [-0.05, 0) is 6.42 Å². The van der Waals surface area contributed by atoms with Crippen LogP contribution >= 0.6 is 0 Å². The topological polar surface area (TPSA) is 43.4 Å². The van der Waals surface area contributed by atoms with E-state index in [4.69, 9.17) is 0 Å². The van der Waals surface area contributed by atoms with Gasteiger partial charge in [-0.3, -0.25) is 4.18 Å². The molecule has 3 nitrogen and oxygen atoms in total. The molecule has 0 aliphatic rings. The van der Waals surface area contributed by atoms with E-state index in [1.54, 1.807) is 6.92 Å². The average Bonchev–Trinajstić information content (AvgIpc) is 1.97. The highest BCUT2D eigenvalue weighted by atomic mass is 32.2. The lowest BCUT2D eigenvalue weighted by Gasteiger charge is -2.07. The third-order valence-corrected chi connectivity index (χ3v) is 2.42. The Morgan fingerprint density at radius 1 is 1.31 bits per heavy atom. The molecule has 0 radical (unpaired) electrons. The molecule has 0 spiro atoms. The van der Waals surface area contributed by atoms with Crippen molar-refractivity contribution in [3.63, 3.8) is 0 Å². The highest BCUT2D eigenvalue weighted by Gasteiger charge is 2.30. The highest BCUT2D eigenvalue weighted by Crippen LogP contribution is 2.16. The molecule has 0 aliphatic carbocycles. The monoisotopic (exact) mass is 220 g/mol. The number of halogens is 3. The molecule has 0 N–H and O–H groups in total. The minimum Gasteiger partial charge on any atom is -0.261 e. The van der Waals surface area contributed by atoms with E-state index in [2.05, 4.69) is 4.18 Å². The zero-order valence-electron chi connectivity index (χ0n) is 7.10. The van der Waals surface area contributed by atoms with Crippen LogP contribution in [-0.2, 0) is 14.3 Å². The molecule has 0 saturated carbocycles. The first-order valence-electron chi connectivity index (χ1n) is 3.70. The maximum atomic E-state index is 11.5. The number of hydrogen-bond donors (Lipinski definition) is 0. The summed E-state index contributed by atoms with van der Waals surface area (Å²) in [5.41, 5.74) is 0. The fourth-order valence-electron chi connectivity index (χ4n) is 0.537. The largest absolute Gasteiger partial charge is 0.413 e. The Hall–Kier alpha value is -0.300. The quantitative estimate of drug-likeness (QED) is 0.662. The number of unbranched alkanes of at least 4 members (excludes halogenated alkanes) is 1. The van der Waals surface area contributed by atoms with Crippen LogP contribution in [0.15, 0.2) is 0 Å².